The fourth-order valence-electron chi connectivity index (χ4n) is 1.73. The van der Waals surface area contributed by atoms with Gasteiger partial charge in [0.2, 0.25) is 11.8 Å². The largest absolute Gasteiger partial charge is 0.340 e. The summed E-state index contributed by atoms with van der Waals surface area (Å²) < 4.78 is 4.85. The average molecular weight is 224 g/mol. The van der Waals surface area contributed by atoms with Crippen molar-refractivity contribution < 1.29 is 9.32 Å². The minimum atomic E-state index is 0.170. The van der Waals surface area contributed by atoms with Crippen LogP contribution in [0.1, 0.15) is 18.1 Å². The number of hydrogen-bond donors (Lipinski definition) is 1. The number of piperazine rings is 1. The lowest BCUT2D eigenvalue weighted by atomic mass is 10.2. The van der Waals surface area contributed by atoms with Gasteiger partial charge in [-0.05, 0) is 0 Å². The Morgan fingerprint density at radius 3 is 2.88 bits per heavy atom. The Morgan fingerprint density at radius 2 is 2.25 bits per heavy atom. The molecule has 0 unspecified atom stereocenters. The van der Waals surface area contributed by atoms with Crippen molar-refractivity contribution in [3.8, 4) is 0 Å². The van der Waals surface area contributed by atoms with E-state index in [4.69, 9.17) is 4.52 Å². The Balaban J connectivity index is 1.78. The number of carbonyl (C=O) groups is 1. The summed E-state index contributed by atoms with van der Waals surface area (Å²) in [5.74, 6) is 1.33. The summed E-state index contributed by atoms with van der Waals surface area (Å²) in [5.41, 5.74) is 0. The number of aromatic nitrogens is 2. The molecule has 1 N–H and O–H groups in total. The average Bonchev–Trinajstić information content (AvgIpc) is 2.73. The monoisotopic (exact) mass is 224 g/mol. The Morgan fingerprint density at radius 1 is 1.50 bits per heavy atom. The molecule has 1 amide bonds. The third-order valence-corrected chi connectivity index (χ3v) is 2.60. The third-order valence-electron chi connectivity index (χ3n) is 2.60. The smallest absolute Gasteiger partial charge is 0.223 e. The van der Waals surface area contributed by atoms with Crippen molar-refractivity contribution in [3.63, 3.8) is 0 Å². The molecule has 0 saturated carbocycles. The topological polar surface area (TPSA) is 71.3 Å². The fourth-order valence-corrected chi connectivity index (χ4v) is 1.73. The molecule has 2 rings (SSSR count). The highest BCUT2D eigenvalue weighted by molar-refractivity contribution is 5.76. The van der Waals surface area contributed by atoms with Gasteiger partial charge in [-0.15, -0.1) is 0 Å². The first-order chi connectivity index (χ1) is 7.75. The van der Waals surface area contributed by atoms with Gasteiger partial charge in [0.05, 0.1) is 0 Å². The molecular formula is C10H16N4O2. The van der Waals surface area contributed by atoms with Crippen LogP contribution >= 0.6 is 0 Å². The van der Waals surface area contributed by atoms with Gasteiger partial charge < -0.3 is 14.7 Å². The number of carbonyl (C=O) groups excluding carboxylic acids is 1. The van der Waals surface area contributed by atoms with Crippen LogP contribution in [0.2, 0.25) is 0 Å². The van der Waals surface area contributed by atoms with Gasteiger partial charge in [-0.3, -0.25) is 4.79 Å². The van der Waals surface area contributed by atoms with E-state index in [-0.39, 0.29) is 5.91 Å². The number of aryl methyl sites for hydroxylation is 2. The van der Waals surface area contributed by atoms with E-state index in [1.165, 1.54) is 0 Å². The first kappa shape index (κ1) is 11.1. The predicted molar refractivity (Wildman–Crippen MR) is 56.8 cm³/mol. The van der Waals surface area contributed by atoms with Crippen LogP contribution < -0.4 is 5.32 Å². The van der Waals surface area contributed by atoms with E-state index in [1.807, 2.05) is 4.90 Å². The molecule has 0 spiro atoms. The molecule has 0 atom stereocenters. The summed E-state index contributed by atoms with van der Waals surface area (Å²) in [6.45, 7) is 5.10. The normalized spacial score (nSPS) is 16.4. The van der Waals surface area contributed by atoms with Crippen molar-refractivity contribution in [1.29, 1.82) is 0 Å². The highest BCUT2D eigenvalue weighted by atomic mass is 16.5. The van der Waals surface area contributed by atoms with Gasteiger partial charge in [-0.2, -0.15) is 4.98 Å². The van der Waals surface area contributed by atoms with Crippen LogP contribution in [-0.2, 0) is 11.2 Å². The Hall–Kier alpha value is -1.43. The summed E-state index contributed by atoms with van der Waals surface area (Å²) in [5, 5.41) is 6.98. The van der Waals surface area contributed by atoms with Crippen LogP contribution in [0.25, 0.3) is 0 Å². The maximum Gasteiger partial charge on any atom is 0.223 e. The van der Waals surface area contributed by atoms with E-state index in [0.717, 1.165) is 26.2 Å². The summed E-state index contributed by atoms with van der Waals surface area (Å²) in [4.78, 5) is 17.7. The minimum absolute atomic E-state index is 0.170. The molecule has 2 heterocycles. The van der Waals surface area contributed by atoms with E-state index < -0.39 is 0 Å². The number of nitrogens with zero attached hydrogens (tertiary/aromatic N) is 3. The molecule has 1 aromatic heterocycles. The zero-order chi connectivity index (χ0) is 11.4. The maximum atomic E-state index is 11.8. The van der Waals surface area contributed by atoms with Crippen molar-refractivity contribution in [2.45, 2.75) is 19.8 Å². The van der Waals surface area contributed by atoms with Crippen molar-refractivity contribution in [1.82, 2.24) is 20.4 Å². The van der Waals surface area contributed by atoms with Crippen LogP contribution in [0, 0.1) is 6.92 Å². The van der Waals surface area contributed by atoms with Gasteiger partial charge >= 0.3 is 0 Å². The van der Waals surface area contributed by atoms with Crippen molar-refractivity contribution >= 4 is 5.91 Å². The molecular weight excluding hydrogens is 208 g/mol. The molecule has 0 aliphatic carbocycles. The Bertz CT molecular complexity index is 357. The molecule has 0 aromatic carbocycles. The fraction of sp³-hybridized carbons (Fsp3) is 0.700. The van der Waals surface area contributed by atoms with Crippen molar-refractivity contribution in [3.05, 3.63) is 11.7 Å². The standard InChI is InChI=1S/C10H16N4O2/c1-8-12-9(13-16-8)2-3-10(15)14-6-4-11-5-7-14/h11H,2-7H2,1H3. The molecule has 1 aromatic rings. The van der Waals surface area contributed by atoms with Crippen LogP contribution in [-0.4, -0.2) is 47.1 Å². The zero-order valence-electron chi connectivity index (χ0n) is 9.40. The van der Waals surface area contributed by atoms with Gasteiger partial charge in [-0.25, -0.2) is 0 Å². The molecule has 1 aliphatic heterocycles. The van der Waals surface area contributed by atoms with Crippen molar-refractivity contribution in [2.24, 2.45) is 0 Å². The predicted octanol–water partition coefficient (Wildman–Crippen LogP) is -0.258. The van der Waals surface area contributed by atoms with E-state index in [0.29, 0.717) is 24.6 Å². The lowest BCUT2D eigenvalue weighted by molar-refractivity contribution is -0.131. The number of hydrogen-bond acceptors (Lipinski definition) is 5. The quantitative estimate of drug-likeness (QED) is 0.766. The van der Waals surface area contributed by atoms with Crippen LogP contribution in [0.3, 0.4) is 0 Å². The van der Waals surface area contributed by atoms with Gasteiger partial charge in [-0.1, -0.05) is 5.16 Å². The summed E-state index contributed by atoms with van der Waals surface area (Å²) in [7, 11) is 0. The molecule has 1 aliphatic rings. The van der Waals surface area contributed by atoms with Crippen LogP contribution in [0.5, 0.6) is 0 Å². The highest BCUT2D eigenvalue weighted by Crippen LogP contribution is 2.03. The van der Waals surface area contributed by atoms with E-state index in [2.05, 4.69) is 15.5 Å². The SMILES string of the molecule is Cc1nc(CCC(=O)N2CCNCC2)no1. The molecule has 1 saturated heterocycles. The molecule has 0 bridgehead atoms. The number of rotatable bonds is 3. The number of amides is 1. The molecule has 16 heavy (non-hydrogen) atoms. The molecule has 88 valence electrons. The second kappa shape index (κ2) is 5.07. The Kier molecular flexibility index (Phi) is 3.51. The number of nitrogens with one attached hydrogen (secondary N) is 1. The third kappa shape index (κ3) is 2.79. The summed E-state index contributed by atoms with van der Waals surface area (Å²) in [6.07, 6.45) is 1.01. The van der Waals surface area contributed by atoms with Gasteiger partial charge in [0.1, 0.15) is 0 Å². The zero-order valence-corrected chi connectivity index (χ0v) is 9.40. The van der Waals surface area contributed by atoms with Gasteiger partial charge in [0, 0.05) is 45.9 Å². The van der Waals surface area contributed by atoms with E-state index in [1.54, 1.807) is 6.92 Å². The minimum Gasteiger partial charge on any atom is -0.340 e. The highest BCUT2D eigenvalue weighted by Gasteiger charge is 2.16. The first-order valence-electron chi connectivity index (χ1n) is 5.53. The van der Waals surface area contributed by atoms with Crippen LogP contribution in [0.15, 0.2) is 4.52 Å². The Labute approximate surface area is 94.0 Å². The summed E-state index contributed by atoms with van der Waals surface area (Å²) >= 11 is 0. The van der Waals surface area contributed by atoms with E-state index >= 15 is 0 Å². The molecule has 0 radical (unpaired) electrons. The first-order valence-corrected chi connectivity index (χ1v) is 5.53. The summed E-state index contributed by atoms with van der Waals surface area (Å²) in [6, 6.07) is 0. The lowest BCUT2D eigenvalue weighted by Crippen LogP contribution is -2.46. The second-order valence-corrected chi connectivity index (χ2v) is 3.86. The van der Waals surface area contributed by atoms with Crippen LogP contribution in [0.4, 0.5) is 0 Å². The van der Waals surface area contributed by atoms with Gasteiger partial charge in [0.25, 0.3) is 0 Å². The van der Waals surface area contributed by atoms with Crippen molar-refractivity contribution in [2.75, 3.05) is 26.2 Å². The molecule has 1 fully saturated rings. The van der Waals surface area contributed by atoms with Gasteiger partial charge in [0.15, 0.2) is 5.82 Å². The maximum absolute atomic E-state index is 11.8. The van der Waals surface area contributed by atoms with E-state index in [9.17, 15) is 4.79 Å². The molecule has 6 heteroatoms. The lowest BCUT2D eigenvalue weighted by Gasteiger charge is -2.27. The molecule has 6 nitrogen and oxygen atoms in total. The second-order valence-electron chi connectivity index (χ2n) is 3.86.